The highest BCUT2D eigenvalue weighted by atomic mass is 31.2. The summed E-state index contributed by atoms with van der Waals surface area (Å²) in [5.74, 6) is -0.0618. The van der Waals surface area contributed by atoms with Gasteiger partial charge >= 0.3 is 6.03 Å². The zero-order chi connectivity index (χ0) is 42.7. The Morgan fingerprint density at radius 2 is 1.53 bits per heavy atom. The average Bonchev–Trinajstić information content (AvgIpc) is 3.57. The van der Waals surface area contributed by atoms with Crippen LogP contribution in [0.25, 0.3) is 0 Å². The van der Waals surface area contributed by atoms with E-state index >= 15 is 0 Å². The molecule has 2 fully saturated rings. The van der Waals surface area contributed by atoms with Crippen LogP contribution in [0.1, 0.15) is 57.7 Å². The fourth-order valence-corrected chi connectivity index (χ4v) is 9.07. The lowest BCUT2D eigenvalue weighted by molar-refractivity contribution is -0.139. The Bertz CT molecular complexity index is 1820. The second-order valence-electron chi connectivity index (χ2n) is 14.8. The molecule has 2 unspecified atom stereocenters. The molecule has 16 heteroatoms. The Kier molecular flexibility index (Phi) is 16.2. The largest absolute Gasteiger partial charge is 0.497 e. The summed E-state index contributed by atoms with van der Waals surface area (Å²) in [5.41, 5.74) is 1.13. The molecule has 2 heterocycles. The summed E-state index contributed by atoms with van der Waals surface area (Å²) in [5, 5.41) is 14.4. The number of methoxy groups -OCH3 is 2. The second-order valence-corrected chi connectivity index (χ2v) is 16.2. The summed E-state index contributed by atoms with van der Waals surface area (Å²) in [4.78, 5) is 40.3. The van der Waals surface area contributed by atoms with Gasteiger partial charge in [0.05, 0.1) is 45.8 Å². The van der Waals surface area contributed by atoms with Crippen LogP contribution in [0.5, 0.6) is 11.5 Å². The fraction of sp³-hybridized carbons (Fsp3) is 0.488. The number of nitrogens with one attached hydrogen (secondary N) is 2. The number of imide groups is 1. The first-order valence-corrected chi connectivity index (χ1v) is 20.8. The number of amides is 4. The van der Waals surface area contributed by atoms with E-state index in [2.05, 4.69) is 21.4 Å². The Labute approximate surface area is 348 Å². The van der Waals surface area contributed by atoms with Crippen molar-refractivity contribution in [1.82, 2.24) is 20.2 Å². The minimum Gasteiger partial charge on any atom is -0.497 e. The monoisotopic (exact) mass is 833 g/mol. The Morgan fingerprint density at radius 3 is 2.05 bits per heavy atom. The standard InChI is InChI=1S/C43H56N5O10P/c1-28(2)48(29(3)4)59(56-24-12-23-44)58-38-36(57-41(39(38)54-27-37(49)45-6)47-25-30(5)40(50)46-42(47)51)26-55-43(31-13-10-9-11-14-31,32-15-19-34(52-7)20-16-32)33-17-21-35(53-8)22-18-33/h9-11,13-22,28-30,36,38-39,41H,12,24-27H2,1-8H3,(H,45,49)(H,46,50,51)/t30?,36-,38-,39-,41-,59?/m1/s1. The first kappa shape index (κ1) is 45.4. The molecule has 0 saturated carbocycles. The van der Waals surface area contributed by atoms with E-state index < -0.39 is 62.4 Å². The van der Waals surface area contributed by atoms with Crippen LogP contribution in [0.4, 0.5) is 4.79 Å². The molecule has 2 N–H and O–H groups in total. The van der Waals surface area contributed by atoms with Gasteiger partial charge in [-0.05, 0) is 68.7 Å². The fourth-order valence-electron chi connectivity index (χ4n) is 7.30. The molecule has 0 radical (unpaired) electrons. The molecule has 15 nitrogen and oxygen atoms in total. The van der Waals surface area contributed by atoms with Gasteiger partial charge in [0.15, 0.2) is 6.23 Å². The second kappa shape index (κ2) is 21.0. The van der Waals surface area contributed by atoms with Crippen molar-refractivity contribution in [3.63, 3.8) is 0 Å². The minimum atomic E-state index is -1.89. The molecule has 2 aliphatic heterocycles. The number of hydrogen-bond donors (Lipinski definition) is 2. The number of likely N-dealkylation sites (N-methyl/N-ethyl adjacent to an activating group) is 1. The zero-order valence-electron chi connectivity index (χ0n) is 35.0. The predicted molar refractivity (Wildman–Crippen MR) is 220 cm³/mol. The maximum atomic E-state index is 13.6. The van der Waals surface area contributed by atoms with Gasteiger partial charge in [0.1, 0.15) is 42.0 Å². The molecule has 59 heavy (non-hydrogen) atoms. The van der Waals surface area contributed by atoms with Crippen molar-refractivity contribution < 1.29 is 47.1 Å². The molecule has 6 atom stereocenters. The number of carbonyl (C=O) groups excluding carboxylic acids is 3. The normalized spacial score (nSPS) is 21.4. The molecule has 2 saturated heterocycles. The van der Waals surface area contributed by atoms with E-state index in [1.807, 2.05) is 107 Å². The molecule has 318 valence electrons. The van der Waals surface area contributed by atoms with E-state index in [1.165, 1.54) is 11.9 Å². The summed E-state index contributed by atoms with van der Waals surface area (Å²) in [7, 11) is 2.82. The molecule has 4 amide bonds. The topological polar surface area (TPSA) is 170 Å². The number of nitrogens with zero attached hydrogens (tertiary/aromatic N) is 3. The van der Waals surface area contributed by atoms with Crippen molar-refractivity contribution in [2.75, 3.05) is 47.6 Å². The maximum Gasteiger partial charge on any atom is 0.326 e. The lowest BCUT2D eigenvalue weighted by atomic mass is 9.80. The molecule has 2 aliphatic rings. The summed E-state index contributed by atoms with van der Waals surface area (Å²) >= 11 is 0. The molecule has 0 spiro atoms. The van der Waals surface area contributed by atoms with Gasteiger partial charge in [-0.3, -0.25) is 19.8 Å². The number of rotatable bonds is 20. The van der Waals surface area contributed by atoms with Crippen molar-refractivity contribution in [3.8, 4) is 17.6 Å². The van der Waals surface area contributed by atoms with Crippen LogP contribution in [0.15, 0.2) is 78.9 Å². The van der Waals surface area contributed by atoms with Crippen LogP contribution in [0.3, 0.4) is 0 Å². The third-order valence-corrected chi connectivity index (χ3v) is 12.3. The number of urea groups is 1. The van der Waals surface area contributed by atoms with E-state index in [-0.39, 0.29) is 44.9 Å². The molecule has 3 aromatic carbocycles. The average molecular weight is 834 g/mol. The highest BCUT2D eigenvalue weighted by molar-refractivity contribution is 7.44. The van der Waals surface area contributed by atoms with Crippen molar-refractivity contribution in [1.29, 1.82) is 5.26 Å². The molecule has 0 aromatic heterocycles. The molecule has 3 aromatic rings. The van der Waals surface area contributed by atoms with Gasteiger partial charge in [0, 0.05) is 25.7 Å². The lowest BCUT2D eigenvalue weighted by Gasteiger charge is -2.39. The van der Waals surface area contributed by atoms with Gasteiger partial charge in [-0.2, -0.15) is 5.26 Å². The lowest BCUT2D eigenvalue weighted by Crippen LogP contribution is -2.60. The number of hydrogen-bond acceptors (Lipinski definition) is 12. The van der Waals surface area contributed by atoms with Crippen LogP contribution in [-0.2, 0) is 38.4 Å². The molecule has 0 aliphatic carbocycles. The van der Waals surface area contributed by atoms with Gasteiger partial charge in [-0.1, -0.05) is 61.5 Å². The summed E-state index contributed by atoms with van der Waals surface area (Å²) in [6, 6.07) is 26.4. The highest BCUT2D eigenvalue weighted by Gasteiger charge is 2.54. The van der Waals surface area contributed by atoms with Crippen molar-refractivity contribution in [2.24, 2.45) is 5.92 Å². The predicted octanol–water partition coefficient (Wildman–Crippen LogP) is 5.72. The van der Waals surface area contributed by atoms with E-state index in [0.29, 0.717) is 11.5 Å². The van der Waals surface area contributed by atoms with Crippen LogP contribution < -0.4 is 20.1 Å². The third kappa shape index (κ3) is 10.6. The summed E-state index contributed by atoms with van der Waals surface area (Å²) in [6.45, 7) is 9.42. The van der Waals surface area contributed by atoms with Crippen LogP contribution >= 0.6 is 8.53 Å². The van der Waals surface area contributed by atoms with Crippen LogP contribution in [0.2, 0.25) is 0 Å². The molecule has 0 bridgehead atoms. The van der Waals surface area contributed by atoms with Crippen molar-refractivity contribution in [2.45, 2.75) is 83.3 Å². The molecule has 5 rings (SSSR count). The van der Waals surface area contributed by atoms with E-state index in [0.717, 1.165) is 16.7 Å². The first-order valence-electron chi connectivity index (χ1n) is 19.7. The van der Waals surface area contributed by atoms with Gasteiger partial charge in [0.2, 0.25) is 11.8 Å². The number of carbonyl (C=O) groups is 3. The molecular weight excluding hydrogens is 777 g/mol. The van der Waals surface area contributed by atoms with Crippen LogP contribution in [0, 0.1) is 17.2 Å². The quantitative estimate of drug-likeness (QED) is 0.0809. The van der Waals surface area contributed by atoms with Gasteiger partial charge < -0.3 is 38.0 Å². The summed E-state index contributed by atoms with van der Waals surface area (Å²) < 4.78 is 47.0. The Balaban J connectivity index is 1.67. The van der Waals surface area contributed by atoms with Crippen molar-refractivity contribution in [3.05, 3.63) is 95.6 Å². The van der Waals surface area contributed by atoms with E-state index in [1.54, 1.807) is 21.1 Å². The minimum absolute atomic E-state index is 0.0264. The Morgan fingerprint density at radius 1 is 0.949 bits per heavy atom. The third-order valence-electron chi connectivity index (χ3n) is 10.2. The zero-order valence-corrected chi connectivity index (χ0v) is 35.8. The van der Waals surface area contributed by atoms with E-state index in [4.69, 9.17) is 32.7 Å². The van der Waals surface area contributed by atoms with E-state index in [9.17, 15) is 19.6 Å². The number of ether oxygens (including phenoxy) is 5. The molecular formula is C43H56N5O10P. The van der Waals surface area contributed by atoms with Gasteiger partial charge in [-0.15, -0.1) is 0 Å². The van der Waals surface area contributed by atoms with Gasteiger partial charge in [0.25, 0.3) is 8.53 Å². The van der Waals surface area contributed by atoms with Crippen LogP contribution in [-0.4, -0.2) is 112 Å². The van der Waals surface area contributed by atoms with Gasteiger partial charge in [-0.25, -0.2) is 9.46 Å². The summed E-state index contributed by atoms with van der Waals surface area (Å²) in [6.07, 6.45) is -4.00. The van der Waals surface area contributed by atoms with Crippen molar-refractivity contribution >= 4 is 26.4 Å². The highest BCUT2D eigenvalue weighted by Crippen LogP contribution is 2.50. The number of nitriles is 1. The Hall–Kier alpha value is -4.65. The first-order chi connectivity index (χ1) is 28.4. The maximum absolute atomic E-state index is 13.6. The number of benzene rings is 3. The SMILES string of the molecule is CNC(=O)CO[C@@H]1[C@H](OP(OCCC#N)N(C(C)C)C(C)C)[C@@H](COC(c2ccccc2)(c2ccc(OC)cc2)c2ccc(OC)cc2)O[C@H]1N1CC(C)C(=O)NC1=O. The smallest absolute Gasteiger partial charge is 0.326 e.